The van der Waals surface area contributed by atoms with E-state index >= 15 is 0 Å². The Morgan fingerprint density at radius 3 is 2.79 bits per heavy atom. The number of aromatic nitrogens is 1. The number of carbonyl (C=O) groups is 1. The maximum Gasteiger partial charge on any atom is 0.252 e. The van der Waals surface area contributed by atoms with Crippen molar-refractivity contribution in [1.82, 2.24) is 10.3 Å². The lowest BCUT2D eigenvalue weighted by Gasteiger charge is -2.26. The van der Waals surface area contributed by atoms with E-state index in [-0.39, 0.29) is 12.5 Å². The van der Waals surface area contributed by atoms with E-state index in [1.807, 2.05) is 36.4 Å². The third-order valence-corrected chi connectivity index (χ3v) is 5.15. The summed E-state index contributed by atoms with van der Waals surface area (Å²) in [6.07, 6.45) is 9.45. The van der Waals surface area contributed by atoms with Crippen LogP contribution in [0.4, 0.5) is 17.1 Å². The molecule has 3 rings (SSSR count). The summed E-state index contributed by atoms with van der Waals surface area (Å²) in [5, 5.41) is 6.97. The molecule has 1 aromatic carbocycles. The monoisotopic (exact) mass is 396 g/mol. The van der Waals surface area contributed by atoms with Gasteiger partial charge >= 0.3 is 0 Å². The van der Waals surface area contributed by atoms with E-state index in [9.17, 15) is 4.79 Å². The highest BCUT2D eigenvalue weighted by atomic mass is 16.5. The zero-order valence-corrected chi connectivity index (χ0v) is 17.5. The number of anilines is 3. The van der Waals surface area contributed by atoms with Gasteiger partial charge in [-0.2, -0.15) is 0 Å². The second-order valence-electron chi connectivity index (χ2n) is 7.64. The van der Waals surface area contributed by atoms with Crippen LogP contribution in [0.2, 0.25) is 0 Å². The minimum Gasteiger partial charge on any atom is -0.375 e. The first-order chi connectivity index (χ1) is 14.2. The maximum absolute atomic E-state index is 12.7. The van der Waals surface area contributed by atoms with Crippen molar-refractivity contribution in [2.75, 3.05) is 37.0 Å². The number of hydrogen-bond donors (Lipinski definition) is 2. The Morgan fingerprint density at radius 2 is 1.97 bits per heavy atom. The molecule has 1 aromatic heterocycles. The molecule has 29 heavy (non-hydrogen) atoms. The van der Waals surface area contributed by atoms with Crippen LogP contribution in [0.15, 0.2) is 36.7 Å². The predicted octanol–water partition coefficient (Wildman–Crippen LogP) is 4.17. The normalized spacial score (nSPS) is 15.7. The van der Waals surface area contributed by atoms with Gasteiger partial charge in [0.25, 0.3) is 5.91 Å². The van der Waals surface area contributed by atoms with Gasteiger partial charge in [-0.25, -0.2) is 0 Å². The lowest BCUT2D eigenvalue weighted by Crippen LogP contribution is -2.36. The Bertz CT molecular complexity index is 809. The van der Waals surface area contributed by atoms with E-state index in [0.717, 1.165) is 60.7 Å². The molecule has 156 valence electrons. The summed E-state index contributed by atoms with van der Waals surface area (Å²) in [5.74, 6) is 0.00871. The lowest BCUT2D eigenvalue weighted by atomic mass is 10.1. The number of nitrogens with zero attached hydrogens (tertiary/aromatic N) is 2. The second kappa shape index (κ2) is 10.9. The molecule has 0 saturated carbocycles. The van der Waals surface area contributed by atoms with Crippen molar-refractivity contribution in [3.63, 3.8) is 0 Å². The number of pyridine rings is 1. The zero-order chi connectivity index (χ0) is 20.5. The molecule has 6 nitrogen and oxygen atoms in total. The van der Waals surface area contributed by atoms with Crippen LogP contribution < -0.4 is 15.5 Å². The summed E-state index contributed by atoms with van der Waals surface area (Å²) in [6.45, 7) is 4.57. The highest BCUT2D eigenvalue weighted by Gasteiger charge is 2.19. The maximum atomic E-state index is 12.7. The molecule has 2 N–H and O–H groups in total. The van der Waals surface area contributed by atoms with Crippen LogP contribution in [0.3, 0.4) is 0 Å². The molecule has 0 fully saturated rings. The van der Waals surface area contributed by atoms with Gasteiger partial charge in [0.05, 0.1) is 11.9 Å². The number of benzene rings is 1. The molecule has 0 spiro atoms. The molecule has 0 aliphatic carbocycles. The average molecular weight is 397 g/mol. The second-order valence-corrected chi connectivity index (χ2v) is 7.64. The number of aryl methyl sites for hydroxylation is 1. The Kier molecular flexibility index (Phi) is 8.02. The van der Waals surface area contributed by atoms with Crippen LogP contribution in [-0.2, 0) is 16.1 Å². The summed E-state index contributed by atoms with van der Waals surface area (Å²) in [6, 6.07) is 8.27. The number of methoxy groups -OCH3 is 1. The largest absolute Gasteiger partial charge is 0.375 e. The predicted molar refractivity (Wildman–Crippen MR) is 118 cm³/mol. The molecule has 6 heteroatoms. The Morgan fingerprint density at radius 1 is 1.14 bits per heavy atom. The molecule has 2 heterocycles. The zero-order valence-electron chi connectivity index (χ0n) is 17.5. The van der Waals surface area contributed by atoms with E-state index in [2.05, 4.69) is 27.8 Å². The van der Waals surface area contributed by atoms with Gasteiger partial charge in [-0.15, -0.1) is 0 Å². The summed E-state index contributed by atoms with van der Waals surface area (Å²) < 4.78 is 5.13. The molecule has 1 amide bonds. The van der Waals surface area contributed by atoms with Crippen LogP contribution in [0.25, 0.3) is 0 Å². The highest BCUT2D eigenvalue weighted by Crippen LogP contribution is 2.27. The van der Waals surface area contributed by atoms with Gasteiger partial charge in [0.1, 0.15) is 6.61 Å². The van der Waals surface area contributed by atoms with Crippen LogP contribution in [0.1, 0.15) is 43.2 Å². The summed E-state index contributed by atoms with van der Waals surface area (Å²) in [5.41, 5.74) is 5.13. The molecular weight excluding hydrogens is 364 g/mol. The number of rotatable bonds is 4. The van der Waals surface area contributed by atoms with Crippen molar-refractivity contribution < 1.29 is 9.53 Å². The van der Waals surface area contributed by atoms with Gasteiger partial charge in [-0.3, -0.25) is 9.78 Å². The molecule has 0 unspecified atom stereocenters. The van der Waals surface area contributed by atoms with E-state index < -0.39 is 0 Å². The number of ether oxygens (including phenoxy) is 1. The Hall–Kier alpha value is -2.44. The third kappa shape index (κ3) is 6.27. The number of hydrogen-bond acceptors (Lipinski definition) is 5. The van der Waals surface area contributed by atoms with Crippen molar-refractivity contribution in [3.05, 3.63) is 47.8 Å². The van der Waals surface area contributed by atoms with Gasteiger partial charge in [0.2, 0.25) is 0 Å². The first kappa shape index (κ1) is 21.3. The molecule has 2 aromatic rings. The van der Waals surface area contributed by atoms with Crippen molar-refractivity contribution in [1.29, 1.82) is 0 Å². The van der Waals surface area contributed by atoms with Gasteiger partial charge in [-0.1, -0.05) is 19.3 Å². The Balaban J connectivity index is 1.89. The summed E-state index contributed by atoms with van der Waals surface area (Å²) in [4.78, 5) is 18.9. The third-order valence-electron chi connectivity index (χ3n) is 5.15. The summed E-state index contributed by atoms with van der Waals surface area (Å²) in [7, 11) is 1.57. The molecule has 0 saturated heterocycles. The van der Waals surface area contributed by atoms with Crippen molar-refractivity contribution in [2.24, 2.45) is 0 Å². The molecule has 0 atom stereocenters. The van der Waals surface area contributed by atoms with Crippen LogP contribution >= 0.6 is 0 Å². The topological polar surface area (TPSA) is 66.5 Å². The number of fused-ring (bicyclic) bond motifs is 1. The fourth-order valence-electron chi connectivity index (χ4n) is 3.71. The fraction of sp³-hybridized carbons (Fsp3) is 0.478. The van der Waals surface area contributed by atoms with Gasteiger partial charge < -0.3 is 20.3 Å². The van der Waals surface area contributed by atoms with Gasteiger partial charge in [0, 0.05) is 37.8 Å². The van der Waals surface area contributed by atoms with E-state index in [4.69, 9.17) is 4.74 Å². The van der Waals surface area contributed by atoms with Crippen molar-refractivity contribution in [3.8, 4) is 0 Å². The average Bonchev–Trinajstić information content (AvgIpc) is 2.69. The molecule has 1 aliphatic rings. The van der Waals surface area contributed by atoms with Crippen molar-refractivity contribution in [2.45, 2.75) is 45.6 Å². The lowest BCUT2D eigenvalue weighted by molar-refractivity contribution is -0.122. The molecule has 1 aliphatic heterocycles. The quantitative estimate of drug-likeness (QED) is 0.812. The van der Waals surface area contributed by atoms with Crippen molar-refractivity contribution >= 4 is 23.0 Å². The van der Waals surface area contributed by atoms with Crippen LogP contribution in [-0.4, -0.2) is 37.7 Å². The van der Waals surface area contributed by atoms with Gasteiger partial charge in [-0.05, 0) is 61.7 Å². The number of carbonyl (C=O) groups excluding carboxylic acids is 1. The Labute approximate surface area is 173 Å². The van der Waals surface area contributed by atoms with Crippen LogP contribution in [0.5, 0.6) is 0 Å². The summed E-state index contributed by atoms with van der Waals surface area (Å²) >= 11 is 0. The molecular formula is C23H32N4O2. The van der Waals surface area contributed by atoms with E-state index in [1.165, 1.54) is 19.3 Å². The minimum absolute atomic E-state index is 0.00871. The molecule has 0 bridgehead atoms. The van der Waals surface area contributed by atoms with Gasteiger partial charge in [0.15, 0.2) is 0 Å². The first-order valence-corrected chi connectivity index (χ1v) is 10.5. The SMILES string of the molecule is COCC(=O)N1CCCCCCCNCc2cc(Nc3cncc(C)c3)ccc21. The number of nitrogens with one attached hydrogen (secondary N) is 2. The minimum atomic E-state index is 0.00871. The van der Waals surface area contributed by atoms with E-state index in [0.29, 0.717) is 0 Å². The first-order valence-electron chi connectivity index (χ1n) is 10.5. The smallest absolute Gasteiger partial charge is 0.252 e. The number of amides is 1. The fourth-order valence-corrected chi connectivity index (χ4v) is 3.71. The van der Waals surface area contributed by atoms with Crippen LogP contribution in [0, 0.1) is 6.92 Å². The molecule has 0 radical (unpaired) electrons. The standard InChI is InChI=1S/C23H32N4O2/c1-18-12-21(16-25-14-18)26-20-8-9-22-19(13-20)15-24-10-6-4-3-5-7-11-27(22)23(28)17-29-2/h8-9,12-14,16,24,26H,3-7,10-11,15,17H2,1-2H3. The highest BCUT2D eigenvalue weighted by molar-refractivity contribution is 5.95. The van der Waals surface area contributed by atoms with E-state index in [1.54, 1.807) is 7.11 Å².